The standard InChI is InChI=1S/C12H12BrN3/c1-2-16(8-4-7-14)12-6-3-5-11(13)10(12)9-15/h3,5-6H,2,4,8H2,1H3. The normalized spacial score (nSPS) is 9.25. The number of hydrogen-bond donors (Lipinski definition) is 0. The molecule has 0 aromatic heterocycles. The fourth-order valence-corrected chi connectivity index (χ4v) is 1.97. The molecule has 0 atom stereocenters. The van der Waals surface area contributed by atoms with Crippen molar-refractivity contribution < 1.29 is 0 Å². The van der Waals surface area contributed by atoms with Crippen molar-refractivity contribution in [3.63, 3.8) is 0 Å². The number of benzene rings is 1. The summed E-state index contributed by atoms with van der Waals surface area (Å²) in [6.07, 6.45) is 0.464. The van der Waals surface area contributed by atoms with E-state index in [4.69, 9.17) is 10.5 Å². The molecule has 0 fully saturated rings. The van der Waals surface area contributed by atoms with Crippen molar-refractivity contribution in [1.29, 1.82) is 10.5 Å². The minimum atomic E-state index is 0.464. The van der Waals surface area contributed by atoms with Gasteiger partial charge >= 0.3 is 0 Å². The lowest BCUT2D eigenvalue weighted by atomic mass is 10.1. The first-order valence-electron chi connectivity index (χ1n) is 5.05. The summed E-state index contributed by atoms with van der Waals surface area (Å²) in [5, 5.41) is 17.7. The van der Waals surface area contributed by atoms with Crippen molar-refractivity contribution >= 4 is 21.6 Å². The van der Waals surface area contributed by atoms with Gasteiger partial charge in [-0.15, -0.1) is 0 Å². The van der Waals surface area contributed by atoms with Gasteiger partial charge in [0.2, 0.25) is 0 Å². The Morgan fingerprint density at radius 2 is 2.12 bits per heavy atom. The largest absolute Gasteiger partial charge is 0.370 e. The Balaban J connectivity index is 3.06. The first-order chi connectivity index (χ1) is 7.74. The summed E-state index contributed by atoms with van der Waals surface area (Å²) >= 11 is 3.36. The number of nitrogens with zero attached hydrogens (tertiary/aromatic N) is 3. The smallest absolute Gasteiger partial charge is 0.103 e. The fourth-order valence-electron chi connectivity index (χ4n) is 1.52. The van der Waals surface area contributed by atoms with Gasteiger partial charge in [-0.1, -0.05) is 6.07 Å². The van der Waals surface area contributed by atoms with Crippen LogP contribution in [0.25, 0.3) is 0 Å². The third kappa shape index (κ3) is 2.74. The summed E-state index contributed by atoms with van der Waals surface area (Å²) in [6, 6.07) is 9.95. The highest BCUT2D eigenvalue weighted by Gasteiger charge is 2.11. The predicted molar refractivity (Wildman–Crippen MR) is 67.0 cm³/mol. The highest BCUT2D eigenvalue weighted by atomic mass is 79.9. The Labute approximate surface area is 104 Å². The first kappa shape index (κ1) is 12.5. The van der Waals surface area contributed by atoms with E-state index in [1.54, 1.807) is 0 Å². The molecular weight excluding hydrogens is 266 g/mol. The molecule has 16 heavy (non-hydrogen) atoms. The third-order valence-electron chi connectivity index (χ3n) is 2.32. The molecule has 0 spiro atoms. The Morgan fingerprint density at radius 3 is 2.69 bits per heavy atom. The SMILES string of the molecule is CCN(CCC#N)c1cccc(Br)c1C#N. The minimum Gasteiger partial charge on any atom is -0.370 e. The van der Waals surface area contributed by atoms with Crippen LogP contribution in [0.5, 0.6) is 0 Å². The van der Waals surface area contributed by atoms with Crippen LogP contribution >= 0.6 is 15.9 Å². The van der Waals surface area contributed by atoms with E-state index in [0.717, 1.165) is 16.7 Å². The quantitative estimate of drug-likeness (QED) is 0.850. The van der Waals surface area contributed by atoms with Gasteiger partial charge in [-0.05, 0) is 35.0 Å². The second kappa shape index (κ2) is 6.15. The highest BCUT2D eigenvalue weighted by Crippen LogP contribution is 2.27. The summed E-state index contributed by atoms with van der Waals surface area (Å²) in [6.45, 7) is 3.45. The van der Waals surface area contributed by atoms with Gasteiger partial charge in [-0.2, -0.15) is 10.5 Å². The second-order valence-electron chi connectivity index (χ2n) is 3.23. The lowest BCUT2D eigenvalue weighted by Crippen LogP contribution is -2.24. The van der Waals surface area contributed by atoms with Crippen LogP contribution < -0.4 is 4.90 Å². The number of halogens is 1. The van der Waals surface area contributed by atoms with Crippen LogP contribution in [-0.4, -0.2) is 13.1 Å². The van der Waals surface area contributed by atoms with Crippen LogP contribution in [-0.2, 0) is 0 Å². The van der Waals surface area contributed by atoms with Gasteiger partial charge in [0.25, 0.3) is 0 Å². The number of nitriles is 2. The van der Waals surface area contributed by atoms with Crippen LogP contribution in [0, 0.1) is 22.7 Å². The average molecular weight is 278 g/mol. The number of hydrogen-bond acceptors (Lipinski definition) is 3. The van der Waals surface area contributed by atoms with Crippen LogP contribution in [0.2, 0.25) is 0 Å². The van der Waals surface area contributed by atoms with Gasteiger partial charge in [0.05, 0.1) is 23.7 Å². The third-order valence-corrected chi connectivity index (χ3v) is 2.98. The maximum atomic E-state index is 9.10. The fraction of sp³-hybridized carbons (Fsp3) is 0.333. The molecule has 0 aliphatic carbocycles. The summed E-state index contributed by atoms with van der Waals surface area (Å²) in [4.78, 5) is 2.03. The highest BCUT2D eigenvalue weighted by molar-refractivity contribution is 9.10. The van der Waals surface area contributed by atoms with E-state index in [2.05, 4.69) is 28.1 Å². The molecule has 82 valence electrons. The van der Waals surface area contributed by atoms with E-state index in [9.17, 15) is 0 Å². The Morgan fingerprint density at radius 1 is 1.38 bits per heavy atom. The molecule has 4 heteroatoms. The van der Waals surface area contributed by atoms with Crippen molar-refractivity contribution in [2.45, 2.75) is 13.3 Å². The first-order valence-corrected chi connectivity index (χ1v) is 5.84. The minimum absolute atomic E-state index is 0.464. The van der Waals surface area contributed by atoms with Gasteiger partial charge in [-0.25, -0.2) is 0 Å². The van der Waals surface area contributed by atoms with Crippen LogP contribution in [0.1, 0.15) is 18.9 Å². The van der Waals surface area contributed by atoms with Crippen molar-refractivity contribution in [3.8, 4) is 12.1 Å². The molecule has 0 amide bonds. The van der Waals surface area contributed by atoms with E-state index in [1.807, 2.05) is 30.0 Å². The van der Waals surface area contributed by atoms with Crippen molar-refractivity contribution in [1.82, 2.24) is 0 Å². The Hall–Kier alpha value is -1.52. The Kier molecular flexibility index (Phi) is 4.82. The van der Waals surface area contributed by atoms with E-state index < -0.39 is 0 Å². The molecule has 0 unspecified atom stereocenters. The molecule has 0 bridgehead atoms. The summed E-state index contributed by atoms with van der Waals surface area (Å²) in [7, 11) is 0. The molecule has 0 aliphatic rings. The van der Waals surface area contributed by atoms with E-state index in [1.165, 1.54) is 0 Å². The predicted octanol–water partition coefficient (Wildman–Crippen LogP) is 3.06. The molecule has 1 rings (SSSR count). The number of rotatable bonds is 4. The van der Waals surface area contributed by atoms with Gasteiger partial charge in [0.15, 0.2) is 0 Å². The van der Waals surface area contributed by atoms with Crippen molar-refractivity contribution in [2.75, 3.05) is 18.0 Å². The molecule has 1 aromatic carbocycles. The molecule has 0 saturated carbocycles. The van der Waals surface area contributed by atoms with Gasteiger partial charge in [0.1, 0.15) is 6.07 Å². The molecule has 0 N–H and O–H groups in total. The van der Waals surface area contributed by atoms with E-state index in [0.29, 0.717) is 18.5 Å². The zero-order valence-electron chi connectivity index (χ0n) is 9.07. The molecule has 0 radical (unpaired) electrons. The average Bonchev–Trinajstić information content (AvgIpc) is 2.30. The maximum Gasteiger partial charge on any atom is 0.103 e. The molecule has 0 aliphatic heterocycles. The lowest BCUT2D eigenvalue weighted by Gasteiger charge is -2.23. The number of anilines is 1. The molecule has 1 aromatic rings. The maximum absolute atomic E-state index is 9.10. The second-order valence-corrected chi connectivity index (χ2v) is 4.09. The molecule has 0 heterocycles. The monoisotopic (exact) mass is 277 g/mol. The van der Waals surface area contributed by atoms with Gasteiger partial charge < -0.3 is 4.90 Å². The van der Waals surface area contributed by atoms with Crippen LogP contribution in [0.4, 0.5) is 5.69 Å². The van der Waals surface area contributed by atoms with E-state index in [-0.39, 0.29) is 0 Å². The van der Waals surface area contributed by atoms with Crippen LogP contribution in [0.3, 0.4) is 0 Å². The van der Waals surface area contributed by atoms with Gasteiger partial charge in [0, 0.05) is 17.6 Å². The lowest BCUT2D eigenvalue weighted by molar-refractivity contribution is 0.825. The van der Waals surface area contributed by atoms with Crippen LogP contribution in [0.15, 0.2) is 22.7 Å². The Bertz CT molecular complexity index is 443. The van der Waals surface area contributed by atoms with Crippen molar-refractivity contribution in [2.24, 2.45) is 0 Å². The molecule has 3 nitrogen and oxygen atoms in total. The topological polar surface area (TPSA) is 50.8 Å². The molecular formula is C12H12BrN3. The molecule has 0 saturated heterocycles. The van der Waals surface area contributed by atoms with Gasteiger partial charge in [-0.3, -0.25) is 0 Å². The zero-order valence-corrected chi connectivity index (χ0v) is 10.7. The van der Waals surface area contributed by atoms with E-state index >= 15 is 0 Å². The summed E-state index contributed by atoms with van der Waals surface area (Å²) in [5.74, 6) is 0. The summed E-state index contributed by atoms with van der Waals surface area (Å²) in [5.41, 5.74) is 1.51. The zero-order chi connectivity index (χ0) is 12.0. The summed E-state index contributed by atoms with van der Waals surface area (Å²) < 4.78 is 0.794. The van der Waals surface area contributed by atoms with Crippen molar-refractivity contribution in [3.05, 3.63) is 28.2 Å².